The maximum atomic E-state index is 15.4. The van der Waals surface area contributed by atoms with Crippen molar-refractivity contribution in [3.05, 3.63) is 75.1 Å². The molecule has 0 unspecified atom stereocenters. The van der Waals surface area contributed by atoms with Crippen LogP contribution in [-0.2, 0) is 17.7 Å². The number of anilines is 2. The molecule has 5 rings (SSSR count). The van der Waals surface area contributed by atoms with Crippen molar-refractivity contribution in [2.75, 3.05) is 58.7 Å². The smallest absolute Gasteiger partial charge is 0.342 e. The third kappa shape index (κ3) is 4.78. The lowest BCUT2D eigenvalue weighted by Crippen LogP contribution is -2.26. The number of ether oxygens (including phenoxy) is 1. The standard InChI is InChI=1S/C29H30F2N6O4/c1-32-21-10-20(30)25(31)23-17(21)9-22-24(23)26(35(2)3)18(11-33-22)15-8-16(13-36(4)6-7-41-5)27-34-12-19(29(39)40)28(38)37(27)14-15/h8,10-12,14,32H,6-7,9,13H2,1-5H3,(H,39,40). The quantitative estimate of drug-likeness (QED) is 0.278. The molecule has 0 saturated carbocycles. The summed E-state index contributed by atoms with van der Waals surface area (Å²) in [6.07, 6.45) is 4.54. The van der Waals surface area contributed by atoms with Crippen LogP contribution in [-0.4, -0.2) is 78.8 Å². The van der Waals surface area contributed by atoms with Gasteiger partial charge in [0.25, 0.3) is 5.56 Å². The number of aromatic carboxylic acids is 1. The van der Waals surface area contributed by atoms with Gasteiger partial charge in [-0.25, -0.2) is 18.6 Å². The fourth-order valence-electron chi connectivity index (χ4n) is 5.39. The summed E-state index contributed by atoms with van der Waals surface area (Å²) >= 11 is 0. The van der Waals surface area contributed by atoms with E-state index in [4.69, 9.17) is 4.74 Å². The van der Waals surface area contributed by atoms with Gasteiger partial charge in [-0.2, -0.15) is 0 Å². The molecule has 1 aromatic carbocycles. The van der Waals surface area contributed by atoms with Gasteiger partial charge in [0, 0.05) is 106 Å². The van der Waals surface area contributed by atoms with Crippen LogP contribution in [0.5, 0.6) is 0 Å². The SMILES string of the molecule is CNc1cc(F)c(F)c2c1Cc1ncc(-c3cc(CN(C)CCOC)c4ncc(C(=O)O)c(=O)n4c3)c(N(C)C)c1-2. The number of carboxylic acid groups (broad SMARTS) is 1. The zero-order valence-electron chi connectivity index (χ0n) is 23.4. The molecule has 12 heteroatoms. The number of likely N-dealkylation sites (N-methyl/N-ethyl adjacent to an activating group) is 1. The highest BCUT2D eigenvalue weighted by Gasteiger charge is 2.33. The molecule has 4 aromatic rings. The molecule has 2 N–H and O–H groups in total. The molecule has 0 aliphatic heterocycles. The second-order valence-corrected chi connectivity index (χ2v) is 10.2. The van der Waals surface area contributed by atoms with Crippen LogP contribution in [0.3, 0.4) is 0 Å². The largest absolute Gasteiger partial charge is 0.477 e. The third-order valence-electron chi connectivity index (χ3n) is 7.31. The molecule has 0 radical (unpaired) electrons. The Hall–Kier alpha value is -4.42. The predicted octanol–water partition coefficient (Wildman–Crippen LogP) is 3.49. The van der Waals surface area contributed by atoms with Crippen molar-refractivity contribution in [2.24, 2.45) is 0 Å². The van der Waals surface area contributed by atoms with Crippen LogP contribution in [0.1, 0.15) is 27.2 Å². The van der Waals surface area contributed by atoms with Gasteiger partial charge < -0.3 is 20.1 Å². The fraction of sp³-hybridized carbons (Fsp3) is 0.310. The van der Waals surface area contributed by atoms with Crippen LogP contribution in [0.2, 0.25) is 0 Å². The molecular formula is C29H30F2N6O4. The Bertz CT molecular complexity index is 1750. The molecule has 0 spiro atoms. The Labute approximate surface area is 234 Å². The molecule has 1 aliphatic rings. The van der Waals surface area contributed by atoms with E-state index in [-0.39, 0.29) is 5.56 Å². The number of fused-ring (bicyclic) bond motifs is 4. The summed E-state index contributed by atoms with van der Waals surface area (Å²) in [6, 6.07) is 3.00. The minimum atomic E-state index is -1.39. The Kier molecular flexibility index (Phi) is 7.45. The van der Waals surface area contributed by atoms with Crippen LogP contribution in [0.4, 0.5) is 20.2 Å². The highest BCUT2D eigenvalue weighted by atomic mass is 19.2. The van der Waals surface area contributed by atoms with Gasteiger partial charge in [-0.3, -0.25) is 19.1 Å². The minimum absolute atomic E-state index is 0.148. The number of halogens is 2. The molecule has 3 heterocycles. The molecular weight excluding hydrogens is 534 g/mol. The van der Waals surface area contributed by atoms with Gasteiger partial charge in [0.1, 0.15) is 11.2 Å². The lowest BCUT2D eigenvalue weighted by molar-refractivity contribution is 0.0694. The molecule has 41 heavy (non-hydrogen) atoms. The van der Waals surface area contributed by atoms with Crippen molar-refractivity contribution in [2.45, 2.75) is 13.0 Å². The number of hydrogen-bond acceptors (Lipinski definition) is 8. The summed E-state index contributed by atoms with van der Waals surface area (Å²) in [5.41, 5.74) is 3.77. The lowest BCUT2D eigenvalue weighted by atomic mass is 9.97. The van der Waals surface area contributed by atoms with Crippen molar-refractivity contribution in [3.63, 3.8) is 0 Å². The number of benzene rings is 1. The number of carboxylic acids is 1. The average molecular weight is 565 g/mol. The molecule has 3 aromatic heterocycles. The number of methoxy groups -OCH3 is 1. The molecule has 0 bridgehead atoms. The number of hydrogen-bond donors (Lipinski definition) is 2. The van der Waals surface area contributed by atoms with Crippen LogP contribution >= 0.6 is 0 Å². The van der Waals surface area contributed by atoms with E-state index in [2.05, 4.69) is 15.3 Å². The van der Waals surface area contributed by atoms with Crippen molar-refractivity contribution >= 4 is 23.0 Å². The first-order chi connectivity index (χ1) is 19.6. The third-order valence-corrected chi connectivity index (χ3v) is 7.31. The number of rotatable bonds is 9. The maximum Gasteiger partial charge on any atom is 0.342 e. The van der Waals surface area contributed by atoms with Gasteiger partial charge in [-0.05, 0) is 18.7 Å². The average Bonchev–Trinajstić information content (AvgIpc) is 3.33. The van der Waals surface area contributed by atoms with E-state index in [0.29, 0.717) is 76.7 Å². The van der Waals surface area contributed by atoms with E-state index in [9.17, 15) is 19.1 Å². The molecule has 0 fully saturated rings. The van der Waals surface area contributed by atoms with Crippen molar-refractivity contribution in [1.29, 1.82) is 0 Å². The minimum Gasteiger partial charge on any atom is -0.477 e. The Morgan fingerprint density at radius 2 is 1.93 bits per heavy atom. The summed E-state index contributed by atoms with van der Waals surface area (Å²) in [6.45, 7) is 1.47. The molecule has 0 amide bonds. The van der Waals surface area contributed by atoms with E-state index in [1.54, 1.807) is 39.3 Å². The number of carbonyl (C=O) groups is 1. The van der Waals surface area contributed by atoms with E-state index in [0.717, 1.165) is 12.3 Å². The van der Waals surface area contributed by atoms with Gasteiger partial charge in [-0.15, -0.1) is 0 Å². The van der Waals surface area contributed by atoms with Crippen molar-refractivity contribution in [3.8, 4) is 22.3 Å². The van der Waals surface area contributed by atoms with E-state index < -0.39 is 28.7 Å². The molecule has 0 atom stereocenters. The zero-order chi connectivity index (χ0) is 29.6. The highest BCUT2D eigenvalue weighted by Crippen LogP contribution is 2.49. The number of nitrogens with one attached hydrogen (secondary N) is 1. The van der Waals surface area contributed by atoms with Crippen molar-refractivity contribution < 1.29 is 23.4 Å². The summed E-state index contributed by atoms with van der Waals surface area (Å²) in [5, 5.41) is 12.5. The van der Waals surface area contributed by atoms with Crippen LogP contribution in [0.15, 0.2) is 35.5 Å². The van der Waals surface area contributed by atoms with Crippen molar-refractivity contribution in [1.82, 2.24) is 19.3 Å². The van der Waals surface area contributed by atoms with Gasteiger partial charge >= 0.3 is 5.97 Å². The molecule has 1 aliphatic carbocycles. The maximum absolute atomic E-state index is 15.4. The summed E-state index contributed by atoms with van der Waals surface area (Å²) < 4.78 is 36.5. The second-order valence-electron chi connectivity index (χ2n) is 10.2. The van der Waals surface area contributed by atoms with E-state index in [1.807, 2.05) is 18.0 Å². The monoisotopic (exact) mass is 564 g/mol. The Balaban J connectivity index is 1.80. The fourth-order valence-corrected chi connectivity index (χ4v) is 5.39. The van der Waals surface area contributed by atoms with Crippen LogP contribution < -0.4 is 15.8 Å². The number of nitrogens with zero attached hydrogens (tertiary/aromatic N) is 5. The molecule has 214 valence electrons. The Morgan fingerprint density at radius 1 is 1.17 bits per heavy atom. The van der Waals surface area contributed by atoms with E-state index >= 15 is 4.39 Å². The Morgan fingerprint density at radius 3 is 2.59 bits per heavy atom. The summed E-state index contributed by atoms with van der Waals surface area (Å²) in [4.78, 5) is 37.8. The second kappa shape index (κ2) is 10.9. The number of pyridine rings is 2. The van der Waals surface area contributed by atoms with Gasteiger partial charge in [0.2, 0.25) is 0 Å². The van der Waals surface area contributed by atoms with Gasteiger partial charge in [-0.1, -0.05) is 0 Å². The number of aromatic nitrogens is 3. The zero-order valence-corrected chi connectivity index (χ0v) is 23.4. The summed E-state index contributed by atoms with van der Waals surface area (Å²) in [5.74, 6) is -3.31. The van der Waals surface area contributed by atoms with Gasteiger partial charge in [0.05, 0.1) is 18.0 Å². The first-order valence-corrected chi connectivity index (χ1v) is 12.9. The topological polar surface area (TPSA) is 112 Å². The summed E-state index contributed by atoms with van der Waals surface area (Å²) in [7, 11) is 8.74. The molecule has 0 saturated heterocycles. The normalized spacial score (nSPS) is 12.1. The molecule has 10 nitrogen and oxygen atoms in total. The lowest BCUT2D eigenvalue weighted by Gasteiger charge is -2.23. The first-order valence-electron chi connectivity index (χ1n) is 12.9. The van der Waals surface area contributed by atoms with Gasteiger partial charge in [0.15, 0.2) is 11.6 Å². The van der Waals surface area contributed by atoms with E-state index in [1.165, 1.54) is 10.6 Å². The first kappa shape index (κ1) is 28.1. The van der Waals surface area contributed by atoms with Crippen LogP contribution in [0, 0.1) is 11.6 Å². The van der Waals surface area contributed by atoms with Crippen LogP contribution in [0.25, 0.3) is 27.9 Å². The highest BCUT2D eigenvalue weighted by molar-refractivity contribution is 5.96. The predicted molar refractivity (Wildman–Crippen MR) is 152 cm³/mol.